The Labute approximate surface area is 113 Å². The fraction of sp³-hybridized carbons (Fsp3) is 0.571. The number of H-pyrrole nitrogens is 1. The lowest BCUT2D eigenvalue weighted by Gasteiger charge is -2.31. The summed E-state index contributed by atoms with van der Waals surface area (Å²) in [6.45, 7) is 6.10. The molecule has 1 aliphatic heterocycles. The van der Waals surface area contributed by atoms with Crippen LogP contribution in [-0.4, -0.2) is 42.0 Å². The van der Waals surface area contributed by atoms with E-state index in [1.54, 1.807) is 12.1 Å². The molecule has 0 unspecified atom stereocenters. The molecule has 1 atom stereocenters. The van der Waals surface area contributed by atoms with Gasteiger partial charge < -0.3 is 15.2 Å². The molecule has 0 spiro atoms. The molecule has 5 heteroatoms. The minimum atomic E-state index is -0.248. The van der Waals surface area contributed by atoms with Crippen LogP contribution in [0, 0.1) is 5.92 Å². The van der Waals surface area contributed by atoms with Crippen molar-refractivity contribution >= 4 is 5.91 Å². The van der Waals surface area contributed by atoms with Gasteiger partial charge in [0.15, 0.2) is 0 Å². The van der Waals surface area contributed by atoms with Crippen molar-refractivity contribution in [1.82, 2.24) is 15.2 Å². The van der Waals surface area contributed by atoms with Crippen LogP contribution >= 0.6 is 0 Å². The van der Waals surface area contributed by atoms with Gasteiger partial charge in [-0.3, -0.25) is 9.59 Å². The molecule has 19 heavy (non-hydrogen) atoms. The Kier molecular flexibility index (Phi) is 4.74. The van der Waals surface area contributed by atoms with E-state index in [1.165, 1.54) is 12.5 Å². The van der Waals surface area contributed by atoms with Crippen molar-refractivity contribution in [2.45, 2.75) is 19.8 Å². The summed E-state index contributed by atoms with van der Waals surface area (Å²) in [4.78, 5) is 28.0. The molecule has 5 nitrogen and oxygen atoms in total. The van der Waals surface area contributed by atoms with Crippen LogP contribution in [0.15, 0.2) is 23.0 Å². The highest BCUT2D eigenvalue weighted by Crippen LogP contribution is 2.15. The lowest BCUT2D eigenvalue weighted by Crippen LogP contribution is -2.41. The zero-order valence-electron chi connectivity index (χ0n) is 11.3. The van der Waals surface area contributed by atoms with Gasteiger partial charge in [-0.15, -0.1) is 0 Å². The number of rotatable bonds is 4. The third-order valence-corrected chi connectivity index (χ3v) is 3.61. The van der Waals surface area contributed by atoms with Gasteiger partial charge in [-0.1, -0.05) is 13.0 Å². The Hall–Kier alpha value is -1.62. The normalized spacial score (nSPS) is 20.2. The van der Waals surface area contributed by atoms with Crippen molar-refractivity contribution in [2.24, 2.45) is 5.92 Å². The number of likely N-dealkylation sites (tertiary alicyclic amines) is 1. The first-order chi connectivity index (χ1) is 9.19. The zero-order valence-corrected chi connectivity index (χ0v) is 11.3. The molecule has 1 aromatic rings. The number of carbonyl (C=O) groups is 1. The van der Waals surface area contributed by atoms with Gasteiger partial charge in [-0.05, 0) is 37.9 Å². The highest BCUT2D eigenvalue weighted by atomic mass is 16.2. The predicted octanol–water partition coefficient (Wildman–Crippen LogP) is 0.837. The third kappa shape index (κ3) is 3.92. The SMILES string of the molecule is CCN1CCC[C@H](CNC(=O)c2cccc(=O)[nH]2)C1. The highest BCUT2D eigenvalue weighted by Gasteiger charge is 2.19. The Morgan fingerprint density at radius 3 is 3.11 bits per heavy atom. The molecule has 104 valence electrons. The largest absolute Gasteiger partial charge is 0.350 e. The maximum absolute atomic E-state index is 11.9. The first kappa shape index (κ1) is 13.8. The minimum Gasteiger partial charge on any atom is -0.350 e. The molecule has 0 radical (unpaired) electrons. The van der Waals surface area contributed by atoms with Crippen LogP contribution in [0.1, 0.15) is 30.3 Å². The lowest BCUT2D eigenvalue weighted by molar-refractivity contribution is 0.0928. The third-order valence-electron chi connectivity index (χ3n) is 3.61. The van der Waals surface area contributed by atoms with Gasteiger partial charge in [0.2, 0.25) is 5.56 Å². The topological polar surface area (TPSA) is 65.2 Å². The van der Waals surface area contributed by atoms with Crippen LogP contribution in [0.5, 0.6) is 0 Å². The molecular weight excluding hydrogens is 242 g/mol. The number of aromatic nitrogens is 1. The Morgan fingerprint density at radius 2 is 2.37 bits per heavy atom. The molecule has 0 bridgehead atoms. The number of hydrogen-bond acceptors (Lipinski definition) is 3. The first-order valence-corrected chi connectivity index (χ1v) is 6.89. The molecule has 0 aliphatic carbocycles. The number of piperidine rings is 1. The van der Waals surface area contributed by atoms with Gasteiger partial charge in [-0.25, -0.2) is 0 Å². The van der Waals surface area contributed by atoms with E-state index in [1.807, 2.05) is 0 Å². The van der Waals surface area contributed by atoms with E-state index < -0.39 is 0 Å². The average molecular weight is 263 g/mol. The fourth-order valence-electron chi connectivity index (χ4n) is 2.52. The maximum Gasteiger partial charge on any atom is 0.267 e. The summed E-state index contributed by atoms with van der Waals surface area (Å²) in [6, 6.07) is 4.61. The van der Waals surface area contributed by atoms with Crippen LogP contribution in [0.2, 0.25) is 0 Å². The predicted molar refractivity (Wildman–Crippen MR) is 74.2 cm³/mol. The zero-order chi connectivity index (χ0) is 13.7. The molecule has 0 saturated carbocycles. The Bertz CT molecular complexity index is 484. The number of nitrogens with zero attached hydrogens (tertiary/aromatic N) is 1. The van der Waals surface area contributed by atoms with Crippen LogP contribution in [0.4, 0.5) is 0 Å². The second-order valence-corrected chi connectivity index (χ2v) is 5.04. The first-order valence-electron chi connectivity index (χ1n) is 6.89. The molecule has 1 fully saturated rings. The molecule has 2 rings (SSSR count). The van der Waals surface area contributed by atoms with Crippen molar-refractivity contribution in [1.29, 1.82) is 0 Å². The number of amides is 1. The number of carbonyl (C=O) groups excluding carboxylic acids is 1. The standard InChI is InChI=1S/C14H21N3O2/c1-2-17-8-4-5-11(10-17)9-15-14(19)12-6-3-7-13(18)16-12/h3,6-7,11H,2,4-5,8-10H2,1H3,(H,15,19)(H,16,18)/t11-/m1/s1. The molecule has 1 amide bonds. The second-order valence-electron chi connectivity index (χ2n) is 5.04. The van der Waals surface area contributed by atoms with Crippen molar-refractivity contribution in [3.05, 3.63) is 34.2 Å². The van der Waals surface area contributed by atoms with Crippen molar-refractivity contribution in [3.63, 3.8) is 0 Å². The van der Waals surface area contributed by atoms with Crippen LogP contribution in [0.3, 0.4) is 0 Å². The summed E-state index contributed by atoms with van der Waals surface area (Å²) in [5.74, 6) is 0.305. The van der Waals surface area contributed by atoms with E-state index in [0.717, 1.165) is 26.1 Å². The molecule has 1 aromatic heterocycles. The van der Waals surface area contributed by atoms with E-state index in [4.69, 9.17) is 0 Å². The maximum atomic E-state index is 11.9. The van der Waals surface area contributed by atoms with Gasteiger partial charge in [-0.2, -0.15) is 0 Å². The quantitative estimate of drug-likeness (QED) is 0.846. The number of nitrogens with one attached hydrogen (secondary N) is 2. The smallest absolute Gasteiger partial charge is 0.267 e. The van der Waals surface area contributed by atoms with Gasteiger partial charge in [0.1, 0.15) is 5.69 Å². The molecular formula is C14H21N3O2. The van der Waals surface area contributed by atoms with Crippen molar-refractivity contribution in [3.8, 4) is 0 Å². The Morgan fingerprint density at radius 1 is 1.53 bits per heavy atom. The van der Waals surface area contributed by atoms with Gasteiger partial charge >= 0.3 is 0 Å². The minimum absolute atomic E-state index is 0.202. The number of pyridine rings is 1. The van der Waals surface area contributed by atoms with Gasteiger partial charge in [0.05, 0.1) is 0 Å². The summed E-state index contributed by atoms with van der Waals surface area (Å²) >= 11 is 0. The number of aromatic amines is 1. The fourth-order valence-corrected chi connectivity index (χ4v) is 2.52. The molecule has 1 saturated heterocycles. The highest BCUT2D eigenvalue weighted by molar-refractivity contribution is 5.92. The molecule has 0 aromatic carbocycles. The van der Waals surface area contributed by atoms with E-state index >= 15 is 0 Å². The van der Waals surface area contributed by atoms with Gasteiger partial charge in [0.25, 0.3) is 5.91 Å². The van der Waals surface area contributed by atoms with E-state index in [0.29, 0.717) is 18.2 Å². The summed E-state index contributed by atoms with van der Waals surface area (Å²) in [6.07, 6.45) is 2.35. The van der Waals surface area contributed by atoms with Gasteiger partial charge in [0, 0.05) is 19.2 Å². The summed E-state index contributed by atoms with van der Waals surface area (Å²) in [7, 11) is 0. The number of hydrogen-bond donors (Lipinski definition) is 2. The van der Waals surface area contributed by atoms with Crippen LogP contribution < -0.4 is 10.9 Å². The van der Waals surface area contributed by atoms with Crippen LogP contribution in [0.25, 0.3) is 0 Å². The lowest BCUT2D eigenvalue weighted by atomic mass is 9.98. The van der Waals surface area contributed by atoms with Crippen molar-refractivity contribution < 1.29 is 4.79 Å². The Balaban J connectivity index is 1.85. The van der Waals surface area contributed by atoms with Crippen molar-refractivity contribution in [2.75, 3.05) is 26.2 Å². The second kappa shape index (κ2) is 6.52. The molecule has 2 heterocycles. The van der Waals surface area contributed by atoms with E-state index in [2.05, 4.69) is 22.1 Å². The molecule has 1 aliphatic rings. The molecule has 2 N–H and O–H groups in total. The summed E-state index contributed by atoms with van der Waals surface area (Å²) in [5, 5.41) is 2.90. The average Bonchev–Trinajstić information content (AvgIpc) is 2.45. The summed E-state index contributed by atoms with van der Waals surface area (Å²) < 4.78 is 0. The van der Waals surface area contributed by atoms with E-state index in [9.17, 15) is 9.59 Å². The van der Waals surface area contributed by atoms with E-state index in [-0.39, 0.29) is 11.5 Å². The summed E-state index contributed by atoms with van der Waals surface area (Å²) in [5.41, 5.74) is 0.0816. The monoisotopic (exact) mass is 263 g/mol. The van der Waals surface area contributed by atoms with Crippen LogP contribution in [-0.2, 0) is 0 Å².